The van der Waals surface area contributed by atoms with Gasteiger partial charge in [-0.25, -0.2) is 9.97 Å². The van der Waals surface area contributed by atoms with Gasteiger partial charge in [0.2, 0.25) is 5.88 Å². The zero-order valence-corrected chi connectivity index (χ0v) is 21.8. The molecule has 0 aliphatic carbocycles. The molecule has 3 aromatic carbocycles. The van der Waals surface area contributed by atoms with Gasteiger partial charge in [-0.15, -0.1) is 10.2 Å². The van der Waals surface area contributed by atoms with Crippen molar-refractivity contribution < 1.29 is 14.6 Å². The van der Waals surface area contributed by atoms with Gasteiger partial charge in [0.15, 0.2) is 5.82 Å². The van der Waals surface area contributed by atoms with Crippen LogP contribution in [-0.4, -0.2) is 48.3 Å². The van der Waals surface area contributed by atoms with E-state index in [4.69, 9.17) is 4.74 Å². The lowest BCUT2D eigenvalue weighted by atomic mass is 10.0. The molecule has 6 aromatic rings. The number of benzene rings is 3. The van der Waals surface area contributed by atoms with Crippen molar-refractivity contribution in [1.82, 2.24) is 30.1 Å². The van der Waals surface area contributed by atoms with E-state index in [9.17, 15) is 9.90 Å². The molecule has 4 N–H and O–H groups in total. The number of amides is 1. The number of phenolic OH excluding ortho intramolecular Hbond substituents is 1. The number of methoxy groups -OCH3 is 1. The summed E-state index contributed by atoms with van der Waals surface area (Å²) in [5.41, 5.74) is 5.35. The molecule has 0 spiro atoms. The van der Waals surface area contributed by atoms with Gasteiger partial charge in [0.1, 0.15) is 17.4 Å². The summed E-state index contributed by atoms with van der Waals surface area (Å²) < 4.78 is 5.39. The van der Waals surface area contributed by atoms with Gasteiger partial charge in [-0.3, -0.25) is 4.79 Å². The van der Waals surface area contributed by atoms with Crippen LogP contribution in [0.3, 0.4) is 0 Å². The Hall–Kier alpha value is -5.51. The molecular formula is C30H25N7O3. The number of imidazole rings is 1. The second-order valence-corrected chi connectivity index (χ2v) is 9.12. The van der Waals surface area contributed by atoms with E-state index in [1.165, 1.54) is 0 Å². The summed E-state index contributed by atoms with van der Waals surface area (Å²) in [6, 6.07) is 21.6. The topological polar surface area (TPSA) is 142 Å². The Morgan fingerprint density at radius 3 is 2.65 bits per heavy atom. The normalized spacial score (nSPS) is 11.1. The van der Waals surface area contributed by atoms with Crippen molar-refractivity contribution in [3.63, 3.8) is 0 Å². The number of aromatic nitrogens is 6. The van der Waals surface area contributed by atoms with Crippen LogP contribution in [0.4, 0.5) is 5.69 Å². The van der Waals surface area contributed by atoms with Crippen LogP contribution in [0.5, 0.6) is 11.6 Å². The maximum absolute atomic E-state index is 13.1. The number of fused-ring (bicyclic) bond motifs is 1. The summed E-state index contributed by atoms with van der Waals surface area (Å²) in [7, 11) is 1.56. The van der Waals surface area contributed by atoms with Gasteiger partial charge in [-0.1, -0.05) is 25.1 Å². The number of carbonyl (C=O) groups excluding carboxylic acids is 1. The van der Waals surface area contributed by atoms with Crippen LogP contribution in [0.1, 0.15) is 23.1 Å². The SMILES string of the molecule is CCc1nnc(-c2cccc(NC(=O)c3ccc4[nH]c(-c5cc(-c6cccnc6OC)ccc5O)nc4c3)c2)[nH]1. The second-order valence-electron chi connectivity index (χ2n) is 9.12. The molecule has 0 fully saturated rings. The third kappa shape index (κ3) is 4.73. The summed E-state index contributed by atoms with van der Waals surface area (Å²) in [6.07, 6.45) is 2.41. The van der Waals surface area contributed by atoms with Crippen LogP contribution in [0.2, 0.25) is 0 Å². The fourth-order valence-corrected chi connectivity index (χ4v) is 4.47. The number of aromatic hydroxyl groups is 1. The minimum Gasteiger partial charge on any atom is -0.507 e. The van der Waals surface area contributed by atoms with Gasteiger partial charge in [0, 0.05) is 35.0 Å². The maximum atomic E-state index is 13.1. The third-order valence-electron chi connectivity index (χ3n) is 6.53. The number of nitrogens with zero attached hydrogens (tertiary/aromatic N) is 4. The van der Waals surface area contributed by atoms with Crippen molar-refractivity contribution >= 4 is 22.6 Å². The number of hydrogen-bond acceptors (Lipinski definition) is 7. The van der Waals surface area contributed by atoms with E-state index in [1.807, 2.05) is 49.4 Å². The van der Waals surface area contributed by atoms with Crippen molar-refractivity contribution in [3.8, 4) is 45.5 Å². The largest absolute Gasteiger partial charge is 0.507 e. The molecular weight excluding hydrogens is 506 g/mol. The van der Waals surface area contributed by atoms with Gasteiger partial charge in [-0.05, 0) is 60.2 Å². The van der Waals surface area contributed by atoms with Crippen molar-refractivity contribution in [3.05, 3.63) is 90.4 Å². The van der Waals surface area contributed by atoms with Crippen LogP contribution in [0.15, 0.2) is 79.0 Å². The van der Waals surface area contributed by atoms with Gasteiger partial charge in [-0.2, -0.15) is 0 Å². The molecule has 0 aliphatic rings. The first-order valence-corrected chi connectivity index (χ1v) is 12.7. The molecule has 0 atom stereocenters. The molecule has 1 amide bonds. The summed E-state index contributed by atoms with van der Waals surface area (Å²) in [5, 5.41) is 21.9. The quantitative estimate of drug-likeness (QED) is 0.210. The van der Waals surface area contributed by atoms with Crippen molar-refractivity contribution in [2.24, 2.45) is 0 Å². The number of anilines is 1. The van der Waals surface area contributed by atoms with Crippen LogP contribution in [-0.2, 0) is 6.42 Å². The van der Waals surface area contributed by atoms with Crippen molar-refractivity contribution in [2.75, 3.05) is 12.4 Å². The fourth-order valence-electron chi connectivity index (χ4n) is 4.47. The Bertz CT molecular complexity index is 1860. The summed E-state index contributed by atoms with van der Waals surface area (Å²) in [5.74, 6) is 2.20. The minimum atomic E-state index is -0.274. The Labute approximate surface area is 229 Å². The molecule has 0 radical (unpaired) electrons. The predicted molar refractivity (Wildman–Crippen MR) is 152 cm³/mol. The van der Waals surface area contributed by atoms with E-state index in [0.717, 1.165) is 34.5 Å². The number of H-pyrrole nitrogens is 2. The molecule has 10 nitrogen and oxygen atoms in total. The summed E-state index contributed by atoms with van der Waals surface area (Å²) in [6.45, 7) is 2.00. The Morgan fingerprint density at radius 1 is 0.925 bits per heavy atom. The van der Waals surface area contributed by atoms with E-state index in [1.54, 1.807) is 43.6 Å². The van der Waals surface area contributed by atoms with E-state index < -0.39 is 0 Å². The number of carbonyl (C=O) groups is 1. The average molecular weight is 532 g/mol. The highest BCUT2D eigenvalue weighted by atomic mass is 16.5. The molecule has 0 saturated carbocycles. The number of nitrogens with one attached hydrogen (secondary N) is 3. The number of rotatable bonds is 7. The Balaban J connectivity index is 1.27. The Kier molecular flexibility index (Phi) is 6.41. The molecule has 198 valence electrons. The molecule has 3 heterocycles. The van der Waals surface area contributed by atoms with Crippen LogP contribution < -0.4 is 10.1 Å². The number of aryl methyl sites for hydroxylation is 1. The minimum absolute atomic E-state index is 0.0707. The number of ether oxygens (including phenoxy) is 1. The molecule has 6 rings (SSSR count). The number of aromatic amines is 2. The number of phenols is 1. The van der Waals surface area contributed by atoms with Crippen LogP contribution in [0, 0.1) is 0 Å². The zero-order valence-electron chi connectivity index (χ0n) is 21.8. The molecule has 0 saturated heterocycles. The zero-order chi connectivity index (χ0) is 27.6. The van der Waals surface area contributed by atoms with Crippen molar-refractivity contribution in [1.29, 1.82) is 0 Å². The van der Waals surface area contributed by atoms with Gasteiger partial charge in [0.05, 0.1) is 23.7 Å². The van der Waals surface area contributed by atoms with Gasteiger partial charge >= 0.3 is 0 Å². The smallest absolute Gasteiger partial charge is 0.255 e. The highest BCUT2D eigenvalue weighted by molar-refractivity contribution is 6.06. The van der Waals surface area contributed by atoms with E-state index in [0.29, 0.717) is 39.9 Å². The van der Waals surface area contributed by atoms with E-state index in [-0.39, 0.29) is 11.7 Å². The Morgan fingerprint density at radius 2 is 1.82 bits per heavy atom. The lowest BCUT2D eigenvalue weighted by Gasteiger charge is -2.09. The molecule has 3 aromatic heterocycles. The van der Waals surface area contributed by atoms with E-state index in [2.05, 4.69) is 35.5 Å². The fraction of sp³-hybridized carbons (Fsp3) is 0.100. The lowest BCUT2D eigenvalue weighted by Crippen LogP contribution is -2.11. The molecule has 0 unspecified atom stereocenters. The van der Waals surface area contributed by atoms with Crippen LogP contribution >= 0.6 is 0 Å². The number of pyridine rings is 1. The monoisotopic (exact) mass is 531 g/mol. The lowest BCUT2D eigenvalue weighted by molar-refractivity contribution is 0.102. The van der Waals surface area contributed by atoms with Gasteiger partial charge < -0.3 is 25.1 Å². The first kappa shape index (κ1) is 24.8. The standard InChI is InChI=1S/C30H25N7O3/c1-3-26-35-27(37-36-26)18-6-4-7-20(14-18)32-29(39)19-9-11-23-24(16-19)34-28(33-23)22-15-17(10-12-25(22)38)21-8-5-13-31-30(21)40-2/h4-16,38H,3H2,1-2H3,(H,32,39)(H,33,34)(H,35,36,37). The highest BCUT2D eigenvalue weighted by Gasteiger charge is 2.16. The first-order chi connectivity index (χ1) is 19.5. The first-order valence-electron chi connectivity index (χ1n) is 12.7. The summed E-state index contributed by atoms with van der Waals surface area (Å²) in [4.78, 5) is 28.5. The average Bonchev–Trinajstić information content (AvgIpc) is 3.64. The highest BCUT2D eigenvalue weighted by Crippen LogP contribution is 2.35. The second kappa shape index (κ2) is 10.3. The third-order valence-corrected chi connectivity index (χ3v) is 6.53. The van der Waals surface area contributed by atoms with Crippen molar-refractivity contribution in [2.45, 2.75) is 13.3 Å². The molecule has 0 aliphatic heterocycles. The molecule has 40 heavy (non-hydrogen) atoms. The molecule has 0 bridgehead atoms. The predicted octanol–water partition coefficient (Wildman–Crippen LogP) is 5.61. The van der Waals surface area contributed by atoms with Gasteiger partial charge in [0.25, 0.3) is 5.91 Å². The summed E-state index contributed by atoms with van der Waals surface area (Å²) >= 11 is 0. The van der Waals surface area contributed by atoms with E-state index >= 15 is 0 Å². The number of hydrogen-bond donors (Lipinski definition) is 4. The van der Waals surface area contributed by atoms with Crippen LogP contribution in [0.25, 0.3) is 44.9 Å². The molecule has 10 heteroatoms. The maximum Gasteiger partial charge on any atom is 0.255 e.